The molecule has 0 aliphatic carbocycles. The number of aryl methyl sites for hydroxylation is 1. The van der Waals surface area contributed by atoms with Crippen molar-refractivity contribution < 1.29 is 4.79 Å². The first-order valence-corrected chi connectivity index (χ1v) is 6.52. The third-order valence-electron chi connectivity index (χ3n) is 2.99. The molecular formula is C15H21NO. The van der Waals surface area contributed by atoms with Gasteiger partial charge in [-0.1, -0.05) is 38.8 Å². The lowest BCUT2D eigenvalue weighted by atomic mass is 9.96. The summed E-state index contributed by atoms with van der Waals surface area (Å²) in [6.45, 7) is 4.37. The Hall–Kier alpha value is -1.40. The number of rotatable bonds is 7. The van der Waals surface area contributed by atoms with Crippen LogP contribution in [-0.2, 0) is 17.6 Å². The van der Waals surface area contributed by atoms with Crippen LogP contribution in [0.2, 0.25) is 0 Å². The van der Waals surface area contributed by atoms with Gasteiger partial charge >= 0.3 is 0 Å². The maximum absolute atomic E-state index is 10.4. The van der Waals surface area contributed by atoms with E-state index in [1.807, 2.05) is 12.1 Å². The summed E-state index contributed by atoms with van der Waals surface area (Å²) in [7, 11) is 0. The van der Waals surface area contributed by atoms with E-state index in [0.717, 1.165) is 31.4 Å². The monoisotopic (exact) mass is 231 g/mol. The maximum atomic E-state index is 10.4. The average Bonchev–Trinajstić information content (AvgIpc) is 2.35. The summed E-state index contributed by atoms with van der Waals surface area (Å²) in [4.78, 5) is 14.3. The Morgan fingerprint density at radius 3 is 2.47 bits per heavy atom. The number of carbonyl (C=O) groups excluding carboxylic acids is 1. The van der Waals surface area contributed by atoms with Crippen molar-refractivity contribution in [2.45, 2.75) is 52.4 Å². The summed E-state index contributed by atoms with van der Waals surface area (Å²) in [6, 6.07) is 6.05. The molecule has 0 atom stereocenters. The van der Waals surface area contributed by atoms with E-state index in [2.05, 4.69) is 24.9 Å². The topological polar surface area (TPSA) is 29.4 Å². The summed E-state index contributed by atoms with van der Waals surface area (Å²) in [5, 5.41) is 0. The van der Waals surface area contributed by atoms with E-state index in [1.54, 1.807) is 6.08 Å². The number of hydrogen-bond acceptors (Lipinski definition) is 2. The fourth-order valence-corrected chi connectivity index (χ4v) is 2.02. The van der Waals surface area contributed by atoms with E-state index in [1.165, 1.54) is 24.0 Å². The molecule has 1 rings (SSSR count). The highest BCUT2D eigenvalue weighted by molar-refractivity contribution is 5.56. The van der Waals surface area contributed by atoms with Crippen molar-refractivity contribution in [2.75, 3.05) is 0 Å². The quantitative estimate of drug-likeness (QED) is 0.507. The second-order valence-electron chi connectivity index (χ2n) is 4.33. The fourth-order valence-electron chi connectivity index (χ4n) is 2.02. The van der Waals surface area contributed by atoms with Crippen LogP contribution in [0.15, 0.2) is 23.2 Å². The molecule has 17 heavy (non-hydrogen) atoms. The molecule has 1 aromatic carbocycles. The smallest absolute Gasteiger partial charge is 0.211 e. The minimum absolute atomic E-state index is 0.807. The van der Waals surface area contributed by atoms with E-state index in [9.17, 15) is 4.79 Å². The number of nitrogens with zero attached hydrogens (tertiary/aromatic N) is 1. The summed E-state index contributed by atoms with van der Waals surface area (Å²) in [5.74, 6) is 0. The van der Waals surface area contributed by atoms with Gasteiger partial charge in [0.15, 0.2) is 0 Å². The zero-order valence-corrected chi connectivity index (χ0v) is 10.8. The highest BCUT2D eigenvalue weighted by atomic mass is 16.1. The molecule has 2 nitrogen and oxygen atoms in total. The molecule has 0 aromatic heterocycles. The Kier molecular flexibility index (Phi) is 6.27. The van der Waals surface area contributed by atoms with E-state index in [-0.39, 0.29) is 0 Å². The zero-order chi connectivity index (χ0) is 12.5. The first-order valence-electron chi connectivity index (χ1n) is 6.52. The molecule has 0 amide bonds. The third kappa shape index (κ3) is 4.16. The van der Waals surface area contributed by atoms with Crippen LogP contribution in [0.5, 0.6) is 0 Å². The van der Waals surface area contributed by atoms with Crippen LogP contribution >= 0.6 is 0 Å². The van der Waals surface area contributed by atoms with Gasteiger partial charge in [-0.05, 0) is 42.9 Å². The van der Waals surface area contributed by atoms with Crippen molar-refractivity contribution in [3.8, 4) is 0 Å². The molecule has 0 saturated carbocycles. The molecule has 0 N–H and O–H groups in total. The van der Waals surface area contributed by atoms with Crippen LogP contribution in [0, 0.1) is 0 Å². The van der Waals surface area contributed by atoms with Gasteiger partial charge in [0.2, 0.25) is 6.08 Å². The molecule has 0 fully saturated rings. The summed E-state index contributed by atoms with van der Waals surface area (Å²) >= 11 is 0. The average molecular weight is 231 g/mol. The number of benzene rings is 1. The molecule has 2 heteroatoms. The number of aliphatic imine (C=N–C) groups is 1. The van der Waals surface area contributed by atoms with Crippen LogP contribution in [-0.4, -0.2) is 6.08 Å². The van der Waals surface area contributed by atoms with E-state index >= 15 is 0 Å². The normalized spacial score (nSPS) is 10.0. The molecular weight excluding hydrogens is 210 g/mol. The van der Waals surface area contributed by atoms with Gasteiger partial charge in [0, 0.05) is 0 Å². The van der Waals surface area contributed by atoms with Gasteiger partial charge in [-0.15, -0.1) is 0 Å². The predicted molar refractivity (Wildman–Crippen MR) is 71.4 cm³/mol. The minimum atomic E-state index is 0.807. The zero-order valence-electron chi connectivity index (χ0n) is 10.8. The highest BCUT2D eigenvalue weighted by Crippen LogP contribution is 2.25. The largest absolute Gasteiger partial charge is 0.240 e. The molecule has 0 spiro atoms. The molecule has 0 aliphatic heterocycles. The Labute approximate surface area is 104 Å². The molecule has 0 radical (unpaired) electrons. The molecule has 0 saturated heterocycles. The third-order valence-corrected chi connectivity index (χ3v) is 2.99. The number of unbranched alkanes of at least 4 members (excludes halogenated alkanes) is 2. The predicted octanol–water partition coefficient (Wildman–Crippen LogP) is 4.34. The van der Waals surface area contributed by atoms with Gasteiger partial charge in [-0.25, -0.2) is 4.79 Å². The second-order valence-corrected chi connectivity index (χ2v) is 4.33. The van der Waals surface area contributed by atoms with Crippen molar-refractivity contribution in [3.63, 3.8) is 0 Å². The minimum Gasteiger partial charge on any atom is -0.211 e. The van der Waals surface area contributed by atoms with Crippen molar-refractivity contribution in [1.29, 1.82) is 0 Å². The Morgan fingerprint density at radius 2 is 1.82 bits per heavy atom. The van der Waals surface area contributed by atoms with Gasteiger partial charge in [-0.2, -0.15) is 4.99 Å². The van der Waals surface area contributed by atoms with Crippen LogP contribution in [0.25, 0.3) is 0 Å². The summed E-state index contributed by atoms with van der Waals surface area (Å²) in [5.41, 5.74) is 3.39. The molecule has 0 heterocycles. The van der Waals surface area contributed by atoms with Gasteiger partial charge in [-0.3, -0.25) is 0 Å². The van der Waals surface area contributed by atoms with Gasteiger partial charge in [0.1, 0.15) is 0 Å². The summed E-state index contributed by atoms with van der Waals surface area (Å²) in [6.07, 6.45) is 8.43. The Balaban J connectivity index is 3.00. The lowest BCUT2D eigenvalue weighted by Crippen LogP contribution is -1.95. The van der Waals surface area contributed by atoms with Crippen molar-refractivity contribution >= 4 is 11.8 Å². The van der Waals surface area contributed by atoms with Gasteiger partial charge < -0.3 is 0 Å². The molecule has 0 aliphatic rings. The summed E-state index contributed by atoms with van der Waals surface area (Å²) < 4.78 is 0. The van der Waals surface area contributed by atoms with Crippen LogP contribution in [0.4, 0.5) is 5.69 Å². The lowest BCUT2D eigenvalue weighted by Gasteiger charge is -2.11. The van der Waals surface area contributed by atoms with Crippen molar-refractivity contribution in [2.24, 2.45) is 4.99 Å². The number of hydrogen-bond donors (Lipinski definition) is 0. The Bertz CT molecular complexity index is 392. The second kappa shape index (κ2) is 7.81. The standard InChI is InChI=1S/C15H21NO/c1-3-5-8-13-9-7-11-15(16-12-17)14(13)10-6-4-2/h7,9,11H,3-6,8,10H2,1-2H3. The first kappa shape index (κ1) is 13.7. The number of isocyanates is 1. The fraction of sp³-hybridized carbons (Fsp3) is 0.533. The Morgan fingerprint density at radius 1 is 1.12 bits per heavy atom. The van der Waals surface area contributed by atoms with E-state index in [4.69, 9.17) is 0 Å². The van der Waals surface area contributed by atoms with Crippen LogP contribution in [0.3, 0.4) is 0 Å². The van der Waals surface area contributed by atoms with Crippen molar-refractivity contribution in [1.82, 2.24) is 0 Å². The SMILES string of the molecule is CCCCc1cccc(N=C=O)c1CCCC. The van der Waals surface area contributed by atoms with Crippen LogP contribution in [0.1, 0.15) is 50.7 Å². The van der Waals surface area contributed by atoms with Gasteiger partial charge in [0.25, 0.3) is 0 Å². The lowest BCUT2D eigenvalue weighted by molar-refractivity contribution is 0.565. The molecule has 0 bridgehead atoms. The maximum Gasteiger partial charge on any atom is 0.240 e. The van der Waals surface area contributed by atoms with Crippen molar-refractivity contribution in [3.05, 3.63) is 29.3 Å². The van der Waals surface area contributed by atoms with Crippen LogP contribution < -0.4 is 0 Å². The van der Waals surface area contributed by atoms with Gasteiger partial charge in [0.05, 0.1) is 5.69 Å². The van der Waals surface area contributed by atoms with E-state index in [0.29, 0.717) is 0 Å². The molecule has 0 unspecified atom stereocenters. The first-order chi connectivity index (χ1) is 8.33. The molecule has 1 aromatic rings. The van der Waals surface area contributed by atoms with E-state index < -0.39 is 0 Å². The molecule has 92 valence electrons. The highest BCUT2D eigenvalue weighted by Gasteiger charge is 2.07.